The second-order valence-electron chi connectivity index (χ2n) is 8.21. The number of carbonyl (C=O) groups excluding carboxylic acids is 2. The van der Waals surface area contributed by atoms with Crippen LogP contribution in [0.4, 0.5) is 17.1 Å². The van der Waals surface area contributed by atoms with E-state index in [4.69, 9.17) is 0 Å². The smallest absolute Gasteiger partial charge is 0.270 e. The summed E-state index contributed by atoms with van der Waals surface area (Å²) in [5.41, 5.74) is 1.06. The number of carbonyl (C=O) groups is 2. The number of amides is 2. The molecule has 0 unspecified atom stereocenters. The van der Waals surface area contributed by atoms with Gasteiger partial charge in [-0.25, -0.2) is 8.42 Å². The van der Waals surface area contributed by atoms with Crippen molar-refractivity contribution in [1.82, 2.24) is 9.62 Å². The zero-order chi connectivity index (χ0) is 25.0. The molecule has 0 aliphatic carbocycles. The topological polar surface area (TPSA) is 142 Å². The first-order valence-electron chi connectivity index (χ1n) is 10.6. The van der Waals surface area contributed by atoms with Gasteiger partial charge in [-0.05, 0) is 43.2 Å². The van der Waals surface area contributed by atoms with Crippen molar-refractivity contribution < 1.29 is 22.9 Å². The van der Waals surface area contributed by atoms with Crippen molar-refractivity contribution in [1.29, 1.82) is 0 Å². The number of benzene rings is 2. The normalized spacial score (nSPS) is 14.9. The van der Waals surface area contributed by atoms with Crippen LogP contribution >= 0.6 is 0 Å². The van der Waals surface area contributed by atoms with Crippen LogP contribution in [0.3, 0.4) is 0 Å². The minimum atomic E-state index is -3.72. The van der Waals surface area contributed by atoms with Crippen molar-refractivity contribution in [2.45, 2.75) is 30.7 Å². The molecule has 1 aliphatic rings. The largest absolute Gasteiger partial charge is 0.377 e. The Balaban J connectivity index is 1.66. The molecule has 1 heterocycles. The van der Waals surface area contributed by atoms with Crippen LogP contribution in [0.15, 0.2) is 47.4 Å². The lowest BCUT2D eigenvalue weighted by Crippen LogP contribution is -2.46. The van der Waals surface area contributed by atoms with E-state index >= 15 is 0 Å². The molecule has 2 aromatic carbocycles. The number of nitro groups is 1. The van der Waals surface area contributed by atoms with Gasteiger partial charge in [0.25, 0.3) is 11.6 Å². The highest BCUT2D eigenvalue weighted by molar-refractivity contribution is 7.89. The van der Waals surface area contributed by atoms with Gasteiger partial charge in [0.1, 0.15) is 0 Å². The Labute approximate surface area is 197 Å². The van der Waals surface area contributed by atoms with Gasteiger partial charge in [0.05, 0.1) is 15.4 Å². The average Bonchev–Trinajstić information content (AvgIpc) is 2.78. The molecule has 0 aromatic heterocycles. The summed E-state index contributed by atoms with van der Waals surface area (Å²) in [6.07, 6.45) is 0.808. The molecular formula is C22H27N5O6S. The van der Waals surface area contributed by atoms with E-state index in [1.54, 1.807) is 19.0 Å². The lowest BCUT2D eigenvalue weighted by atomic mass is 10.0. The summed E-state index contributed by atoms with van der Waals surface area (Å²) in [6.45, 7) is 1.81. The number of anilines is 2. The summed E-state index contributed by atoms with van der Waals surface area (Å²) in [6, 6.07) is 9.80. The fourth-order valence-corrected chi connectivity index (χ4v) is 5.25. The van der Waals surface area contributed by atoms with Gasteiger partial charge in [-0.3, -0.25) is 19.7 Å². The van der Waals surface area contributed by atoms with Gasteiger partial charge in [-0.1, -0.05) is 0 Å². The highest BCUT2D eigenvalue weighted by Crippen LogP contribution is 2.26. The van der Waals surface area contributed by atoms with E-state index in [-0.39, 0.29) is 41.2 Å². The third-order valence-electron chi connectivity index (χ3n) is 5.52. The Morgan fingerprint density at radius 2 is 1.71 bits per heavy atom. The Morgan fingerprint density at radius 1 is 1.09 bits per heavy atom. The van der Waals surface area contributed by atoms with Crippen molar-refractivity contribution >= 4 is 38.9 Å². The third kappa shape index (κ3) is 5.69. The van der Waals surface area contributed by atoms with Crippen LogP contribution in [0.25, 0.3) is 0 Å². The van der Waals surface area contributed by atoms with Crippen LogP contribution in [0.2, 0.25) is 0 Å². The SMILES string of the molecule is CC(=O)Nc1ccc(S(=O)(=O)N2CCC(NC(=O)c3cc([N+](=O)[O-])ccc3N(C)C)CC2)cc1. The number of nitro benzene ring substituents is 1. The van der Waals surface area contributed by atoms with Gasteiger partial charge in [0.2, 0.25) is 15.9 Å². The summed E-state index contributed by atoms with van der Waals surface area (Å²) in [7, 11) is -0.238. The highest BCUT2D eigenvalue weighted by Gasteiger charge is 2.30. The quantitative estimate of drug-likeness (QED) is 0.448. The molecule has 2 aromatic rings. The highest BCUT2D eigenvalue weighted by atomic mass is 32.2. The standard InChI is InChI=1S/C22H27N5O6S/c1-15(28)23-16-4-7-19(8-5-16)34(32,33)26-12-10-17(11-13-26)24-22(29)20-14-18(27(30)31)6-9-21(20)25(2)3/h4-9,14,17H,10-13H2,1-3H3,(H,23,28)(H,24,29). The molecule has 3 rings (SSSR count). The number of sulfonamides is 1. The molecule has 0 bridgehead atoms. The molecule has 12 heteroatoms. The molecule has 0 radical (unpaired) electrons. The van der Waals surface area contributed by atoms with Crippen LogP contribution in [0.1, 0.15) is 30.1 Å². The van der Waals surface area contributed by atoms with Crippen molar-refractivity contribution in [2.75, 3.05) is 37.4 Å². The summed E-state index contributed by atoms with van der Waals surface area (Å²) in [4.78, 5) is 36.4. The Hall–Kier alpha value is -3.51. The second kappa shape index (κ2) is 10.2. The van der Waals surface area contributed by atoms with E-state index in [9.17, 15) is 28.1 Å². The molecule has 1 aliphatic heterocycles. The number of hydrogen-bond acceptors (Lipinski definition) is 7. The summed E-state index contributed by atoms with van der Waals surface area (Å²) in [5, 5.41) is 16.6. The number of nitrogens with zero attached hydrogens (tertiary/aromatic N) is 3. The van der Waals surface area contributed by atoms with Gasteiger partial charge < -0.3 is 15.5 Å². The number of piperidine rings is 1. The van der Waals surface area contributed by atoms with Gasteiger partial charge in [-0.15, -0.1) is 0 Å². The van der Waals surface area contributed by atoms with E-state index < -0.39 is 20.9 Å². The van der Waals surface area contributed by atoms with E-state index in [1.165, 1.54) is 53.7 Å². The predicted molar refractivity (Wildman–Crippen MR) is 127 cm³/mol. The van der Waals surface area contributed by atoms with Gasteiger partial charge in [-0.2, -0.15) is 4.31 Å². The van der Waals surface area contributed by atoms with E-state index in [1.807, 2.05) is 0 Å². The van der Waals surface area contributed by atoms with E-state index in [0.717, 1.165) is 0 Å². The molecule has 0 saturated carbocycles. The van der Waals surface area contributed by atoms with Crippen LogP contribution in [-0.2, 0) is 14.8 Å². The van der Waals surface area contributed by atoms with E-state index in [0.29, 0.717) is 24.2 Å². The third-order valence-corrected chi connectivity index (χ3v) is 7.43. The molecule has 2 N–H and O–H groups in total. The fourth-order valence-electron chi connectivity index (χ4n) is 3.78. The van der Waals surface area contributed by atoms with Crippen molar-refractivity contribution in [3.63, 3.8) is 0 Å². The summed E-state index contributed by atoms with van der Waals surface area (Å²) >= 11 is 0. The molecule has 1 fully saturated rings. The molecule has 182 valence electrons. The van der Waals surface area contributed by atoms with Crippen LogP contribution in [-0.4, -0.2) is 62.7 Å². The van der Waals surface area contributed by atoms with E-state index in [2.05, 4.69) is 10.6 Å². The summed E-state index contributed by atoms with van der Waals surface area (Å²) in [5.74, 6) is -0.690. The Kier molecular flexibility index (Phi) is 7.52. The molecule has 1 saturated heterocycles. The Morgan fingerprint density at radius 3 is 2.24 bits per heavy atom. The zero-order valence-electron chi connectivity index (χ0n) is 19.1. The minimum Gasteiger partial charge on any atom is -0.377 e. The first kappa shape index (κ1) is 25.1. The number of rotatable bonds is 7. The van der Waals surface area contributed by atoms with Gasteiger partial charge in [0, 0.05) is 63.7 Å². The van der Waals surface area contributed by atoms with Gasteiger partial charge >= 0.3 is 0 Å². The number of hydrogen-bond donors (Lipinski definition) is 2. The van der Waals surface area contributed by atoms with Crippen molar-refractivity contribution in [3.05, 3.63) is 58.1 Å². The maximum Gasteiger partial charge on any atom is 0.270 e. The molecule has 2 amide bonds. The van der Waals surface area contributed by atoms with Crippen LogP contribution in [0.5, 0.6) is 0 Å². The lowest BCUT2D eigenvalue weighted by Gasteiger charge is -2.32. The number of nitrogens with one attached hydrogen (secondary N) is 2. The van der Waals surface area contributed by atoms with Gasteiger partial charge in [0.15, 0.2) is 0 Å². The summed E-state index contributed by atoms with van der Waals surface area (Å²) < 4.78 is 27.3. The Bertz CT molecular complexity index is 1190. The molecule has 0 spiro atoms. The van der Waals surface area contributed by atoms with Crippen molar-refractivity contribution in [2.24, 2.45) is 0 Å². The van der Waals surface area contributed by atoms with Crippen LogP contribution < -0.4 is 15.5 Å². The molecule has 0 atom stereocenters. The minimum absolute atomic E-state index is 0.122. The number of non-ortho nitro benzene ring substituents is 1. The first-order chi connectivity index (χ1) is 16.0. The van der Waals surface area contributed by atoms with Crippen LogP contribution in [0, 0.1) is 10.1 Å². The second-order valence-corrected chi connectivity index (χ2v) is 10.1. The monoisotopic (exact) mass is 489 g/mol. The average molecular weight is 490 g/mol. The molecule has 34 heavy (non-hydrogen) atoms. The fraction of sp³-hybridized carbons (Fsp3) is 0.364. The lowest BCUT2D eigenvalue weighted by molar-refractivity contribution is -0.384. The maximum absolute atomic E-state index is 13.0. The maximum atomic E-state index is 13.0. The van der Waals surface area contributed by atoms with Crippen molar-refractivity contribution in [3.8, 4) is 0 Å². The first-order valence-corrected chi connectivity index (χ1v) is 12.1. The predicted octanol–water partition coefficient (Wildman–Crippen LogP) is 2.20. The zero-order valence-corrected chi connectivity index (χ0v) is 20.0. The molecular weight excluding hydrogens is 462 g/mol. The molecule has 11 nitrogen and oxygen atoms in total.